The number of alkyl halides is 3. The fraction of sp³-hybridized carbons (Fsp3) is 0.462. The Morgan fingerprint density at radius 3 is 2.75 bits per heavy atom. The molecule has 0 saturated carbocycles. The number of carbonyl (C=O) groups is 1. The average Bonchev–Trinajstić information content (AvgIpc) is 2.36. The van der Waals surface area contributed by atoms with Crippen LogP contribution < -0.4 is 4.90 Å². The van der Waals surface area contributed by atoms with Crippen LogP contribution in [-0.2, 0) is 16.0 Å². The van der Waals surface area contributed by atoms with Gasteiger partial charge in [-0.1, -0.05) is 18.2 Å². The quantitative estimate of drug-likeness (QED) is 0.924. The summed E-state index contributed by atoms with van der Waals surface area (Å²) in [5, 5.41) is 9.10. The molecule has 1 atom stereocenters. The van der Waals surface area contributed by atoms with Crippen LogP contribution in [0.2, 0.25) is 0 Å². The molecule has 0 radical (unpaired) electrons. The smallest absolute Gasteiger partial charge is 0.481 e. The fourth-order valence-corrected chi connectivity index (χ4v) is 2.34. The molecule has 0 aliphatic carbocycles. The van der Waals surface area contributed by atoms with Crippen LogP contribution in [-0.4, -0.2) is 37.1 Å². The number of benzene rings is 1. The van der Waals surface area contributed by atoms with Crippen LogP contribution in [0.25, 0.3) is 0 Å². The zero-order chi connectivity index (χ0) is 14.8. The number of nitrogens with zero attached hydrogens (tertiary/aromatic N) is 1. The van der Waals surface area contributed by atoms with E-state index in [4.69, 9.17) is 5.11 Å². The van der Waals surface area contributed by atoms with Gasteiger partial charge in [0.05, 0.1) is 12.5 Å². The van der Waals surface area contributed by atoms with Crippen molar-refractivity contribution in [2.75, 3.05) is 24.6 Å². The predicted molar refractivity (Wildman–Crippen MR) is 65.5 cm³/mol. The third-order valence-corrected chi connectivity index (χ3v) is 3.22. The first-order valence-electron chi connectivity index (χ1n) is 6.13. The highest BCUT2D eigenvalue weighted by Crippen LogP contribution is 2.29. The van der Waals surface area contributed by atoms with E-state index in [2.05, 4.69) is 4.74 Å². The Hall–Kier alpha value is -1.76. The Balaban J connectivity index is 2.08. The second kappa shape index (κ2) is 5.70. The number of halogens is 3. The van der Waals surface area contributed by atoms with Gasteiger partial charge in [0.2, 0.25) is 0 Å². The molecule has 4 nitrogen and oxygen atoms in total. The number of rotatable bonds is 4. The Morgan fingerprint density at radius 1 is 1.40 bits per heavy atom. The lowest BCUT2D eigenvalue weighted by atomic mass is 9.92. The molecule has 0 bridgehead atoms. The van der Waals surface area contributed by atoms with Crippen LogP contribution in [0.3, 0.4) is 0 Å². The second-order valence-electron chi connectivity index (χ2n) is 4.61. The van der Waals surface area contributed by atoms with Crippen LogP contribution in [0.5, 0.6) is 0 Å². The molecule has 0 fully saturated rings. The molecule has 20 heavy (non-hydrogen) atoms. The van der Waals surface area contributed by atoms with Crippen LogP contribution in [0.1, 0.15) is 5.56 Å². The van der Waals surface area contributed by atoms with E-state index in [0.29, 0.717) is 6.42 Å². The highest BCUT2D eigenvalue weighted by atomic mass is 19.4. The van der Waals surface area contributed by atoms with Gasteiger partial charge in [0.1, 0.15) is 0 Å². The van der Waals surface area contributed by atoms with Crippen molar-refractivity contribution in [3.63, 3.8) is 0 Å². The molecule has 1 heterocycles. The summed E-state index contributed by atoms with van der Waals surface area (Å²) >= 11 is 0. The van der Waals surface area contributed by atoms with Crippen molar-refractivity contribution in [3.05, 3.63) is 29.8 Å². The minimum absolute atomic E-state index is 0.000301. The van der Waals surface area contributed by atoms with Crippen molar-refractivity contribution in [2.24, 2.45) is 5.92 Å². The molecule has 1 unspecified atom stereocenters. The number of fused-ring (bicyclic) bond motifs is 1. The topological polar surface area (TPSA) is 49.8 Å². The molecule has 1 aromatic rings. The number of ether oxygens (including phenoxy) is 1. The first-order valence-corrected chi connectivity index (χ1v) is 6.13. The first kappa shape index (κ1) is 14.6. The lowest BCUT2D eigenvalue weighted by molar-refractivity contribution is -0.323. The van der Waals surface area contributed by atoms with Crippen molar-refractivity contribution in [3.8, 4) is 0 Å². The van der Waals surface area contributed by atoms with Crippen LogP contribution in [0, 0.1) is 5.92 Å². The van der Waals surface area contributed by atoms with E-state index in [9.17, 15) is 18.0 Å². The Kier molecular flexibility index (Phi) is 4.17. The van der Waals surface area contributed by atoms with Crippen molar-refractivity contribution in [1.29, 1.82) is 0 Å². The van der Waals surface area contributed by atoms with Gasteiger partial charge < -0.3 is 10.0 Å². The second-order valence-corrected chi connectivity index (χ2v) is 4.61. The number of carboxylic acids is 1. The third kappa shape index (κ3) is 3.63. The molecule has 1 aliphatic heterocycles. The number of carboxylic acid groups (broad SMARTS) is 1. The van der Waals surface area contributed by atoms with Gasteiger partial charge in [-0.25, -0.2) is 0 Å². The Bertz CT molecular complexity index is 490. The van der Waals surface area contributed by atoms with Gasteiger partial charge >= 0.3 is 12.3 Å². The van der Waals surface area contributed by atoms with Crippen LogP contribution >= 0.6 is 0 Å². The van der Waals surface area contributed by atoms with Gasteiger partial charge in [0.25, 0.3) is 0 Å². The largest absolute Gasteiger partial charge is 0.522 e. The molecule has 110 valence electrons. The Morgan fingerprint density at radius 2 is 2.10 bits per heavy atom. The zero-order valence-electron chi connectivity index (χ0n) is 10.6. The molecular weight excluding hydrogens is 275 g/mol. The standard InChI is InChI=1S/C13H14F3NO3/c14-13(15,16)20-6-5-17-8-10(12(18)19)7-9-3-1-2-4-11(9)17/h1-4,10H,5-8H2,(H,18,19). The van der Waals surface area contributed by atoms with Crippen molar-refractivity contribution >= 4 is 11.7 Å². The van der Waals surface area contributed by atoms with E-state index in [1.807, 2.05) is 0 Å². The van der Waals surface area contributed by atoms with Gasteiger partial charge in [-0.05, 0) is 18.1 Å². The van der Waals surface area contributed by atoms with Crippen molar-refractivity contribution in [2.45, 2.75) is 12.8 Å². The minimum atomic E-state index is -4.67. The highest BCUT2D eigenvalue weighted by molar-refractivity contribution is 5.73. The summed E-state index contributed by atoms with van der Waals surface area (Å²) in [6.45, 7) is -0.335. The van der Waals surface area contributed by atoms with Gasteiger partial charge in [0.15, 0.2) is 0 Å². The summed E-state index contributed by atoms with van der Waals surface area (Å²) < 4.78 is 39.7. The van der Waals surface area contributed by atoms with Crippen molar-refractivity contribution in [1.82, 2.24) is 0 Å². The molecule has 1 N–H and O–H groups in total. The van der Waals surface area contributed by atoms with Gasteiger partial charge in [-0.15, -0.1) is 13.2 Å². The molecule has 2 rings (SSSR count). The first-order chi connectivity index (χ1) is 9.37. The number of hydrogen-bond acceptors (Lipinski definition) is 3. The summed E-state index contributed by atoms with van der Waals surface area (Å²) in [5.74, 6) is -1.56. The monoisotopic (exact) mass is 289 g/mol. The van der Waals surface area contributed by atoms with Gasteiger partial charge in [-0.2, -0.15) is 0 Å². The van der Waals surface area contributed by atoms with Gasteiger partial charge in [-0.3, -0.25) is 9.53 Å². The summed E-state index contributed by atoms with van der Waals surface area (Å²) in [6, 6.07) is 7.13. The summed E-state index contributed by atoms with van der Waals surface area (Å²) in [6.07, 6.45) is -4.27. The SMILES string of the molecule is O=C(O)C1Cc2ccccc2N(CCOC(F)(F)F)C1. The van der Waals surface area contributed by atoms with E-state index in [1.54, 1.807) is 29.2 Å². The average molecular weight is 289 g/mol. The minimum Gasteiger partial charge on any atom is -0.481 e. The number of anilines is 1. The number of para-hydroxylation sites is 1. The molecule has 1 aliphatic rings. The lowest BCUT2D eigenvalue weighted by Gasteiger charge is -2.34. The highest BCUT2D eigenvalue weighted by Gasteiger charge is 2.31. The van der Waals surface area contributed by atoms with E-state index < -0.39 is 24.9 Å². The maximum atomic E-state index is 12.0. The van der Waals surface area contributed by atoms with E-state index in [1.165, 1.54) is 0 Å². The number of aliphatic carboxylic acids is 1. The molecule has 0 aromatic heterocycles. The zero-order valence-corrected chi connectivity index (χ0v) is 10.6. The molecule has 1 aromatic carbocycles. The third-order valence-electron chi connectivity index (χ3n) is 3.22. The van der Waals surface area contributed by atoms with E-state index in [0.717, 1.165) is 11.3 Å². The lowest BCUT2D eigenvalue weighted by Crippen LogP contribution is -2.41. The molecule has 0 amide bonds. The fourth-order valence-electron chi connectivity index (χ4n) is 2.34. The summed E-state index contributed by atoms with van der Waals surface area (Å²) in [5.41, 5.74) is 1.61. The molecule has 0 saturated heterocycles. The Labute approximate surface area is 113 Å². The van der Waals surface area contributed by atoms with E-state index >= 15 is 0 Å². The normalized spacial score (nSPS) is 18.8. The molecule has 0 spiro atoms. The molecule has 7 heteroatoms. The summed E-state index contributed by atoms with van der Waals surface area (Å²) in [4.78, 5) is 12.7. The van der Waals surface area contributed by atoms with Crippen LogP contribution in [0.15, 0.2) is 24.3 Å². The summed E-state index contributed by atoms with van der Waals surface area (Å²) in [7, 11) is 0. The van der Waals surface area contributed by atoms with Gasteiger partial charge in [0, 0.05) is 18.8 Å². The predicted octanol–water partition coefficient (Wildman–Crippen LogP) is 2.29. The maximum Gasteiger partial charge on any atom is 0.522 e. The van der Waals surface area contributed by atoms with E-state index in [-0.39, 0.29) is 13.1 Å². The number of hydrogen-bond donors (Lipinski definition) is 1. The maximum absolute atomic E-state index is 12.0. The van der Waals surface area contributed by atoms with Crippen LogP contribution in [0.4, 0.5) is 18.9 Å². The molecular formula is C13H14F3NO3. The van der Waals surface area contributed by atoms with Crippen molar-refractivity contribution < 1.29 is 27.8 Å².